The maximum Gasteiger partial charge on any atom is 0.407 e. The molecule has 1 aromatic rings. The number of aromatic nitrogens is 1. The van der Waals surface area contributed by atoms with Crippen LogP contribution in [-0.4, -0.2) is 23.2 Å². The second kappa shape index (κ2) is 6.79. The zero-order valence-electron chi connectivity index (χ0n) is 11.9. The highest BCUT2D eigenvalue weighted by Crippen LogP contribution is 2.06. The van der Waals surface area contributed by atoms with E-state index in [4.69, 9.17) is 4.74 Å². The Morgan fingerprint density at radius 2 is 2.16 bits per heavy atom. The maximum atomic E-state index is 11.3. The highest BCUT2D eigenvalue weighted by atomic mass is 16.6. The molecule has 102 valence electrons. The number of hydrogen-bond acceptors (Lipinski definition) is 3. The summed E-state index contributed by atoms with van der Waals surface area (Å²) in [4.78, 5) is 15.4. The molecule has 0 radical (unpaired) electrons. The standard InChI is InChI=1S/C15H20N2O2/c1-12-9-13(11-16-10-12)7-5-6-8-17-14(18)19-15(2,3)4/h9-11H,6,8H2,1-4H3,(H,17,18). The van der Waals surface area contributed by atoms with Gasteiger partial charge in [-0.15, -0.1) is 0 Å². The van der Waals surface area contributed by atoms with Crippen molar-refractivity contribution in [2.24, 2.45) is 0 Å². The van der Waals surface area contributed by atoms with Crippen LogP contribution >= 0.6 is 0 Å². The van der Waals surface area contributed by atoms with Crippen molar-refractivity contribution in [1.29, 1.82) is 0 Å². The highest BCUT2D eigenvalue weighted by Gasteiger charge is 2.15. The molecule has 0 aliphatic carbocycles. The second-order valence-electron chi connectivity index (χ2n) is 5.23. The van der Waals surface area contributed by atoms with Crippen molar-refractivity contribution in [3.8, 4) is 11.8 Å². The van der Waals surface area contributed by atoms with Gasteiger partial charge >= 0.3 is 6.09 Å². The molecule has 0 bridgehead atoms. The first kappa shape index (κ1) is 15.0. The summed E-state index contributed by atoms with van der Waals surface area (Å²) in [6.07, 6.45) is 3.68. The lowest BCUT2D eigenvalue weighted by Gasteiger charge is -2.19. The first-order valence-electron chi connectivity index (χ1n) is 6.24. The number of nitrogens with one attached hydrogen (secondary N) is 1. The van der Waals surface area contributed by atoms with E-state index < -0.39 is 11.7 Å². The Bertz CT molecular complexity index is 493. The fraction of sp³-hybridized carbons (Fsp3) is 0.467. The molecule has 0 aromatic carbocycles. The Morgan fingerprint density at radius 1 is 1.42 bits per heavy atom. The summed E-state index contributed by atoms with van der Waals surface area (Å²) in [5, 5.41) is 2.66. The molecule has 1 rings (SSSR count). The molecule has 19 heavy (non-hydrogen) atoms. The average Bonchev–Trinajstić information content (AvgIpc) is 2.26. The number of nitrogens with zero attached hydrogens (tertiary/aromatic N) is 1. The minimum Gasteiger partial charge on any atom is -0.444 e. The summed E-state index contributed by atoms with van der Waals surface area (Å²) >= 11 is 0. The number of carbonyl (C=O) groups excluding carboxylic acids is 1. The van der Waals surface area contributed by atoms with E-state index in [1.54, 1.807) is 12.4 Å². The molecule has 4 nitrogen and oxygen atoms in total. The first-order valence-corrected chi connectivity index (χ1v) is 6.24. The van der Waals surface area contributed by atoms with Crippen LogP contribution in [0.5, 0.6) is 0 Å². The van der Waals surface area contributed by atoms with E-state index in [0.717, 1.165) is 11.1 Å². The van der Waals surface area contributed by atoms with Crippen LogP contribution in [0, 0.1) is 18.8 Å². The topological polar surface area (TPSA) is 51.2 Å². The molecule has 1 amide bonds. The number of ether oxygens (including phenoxy) is 1. The van der Waals surface area contributed by atoms with E-state index >= 15 is 0 Å². The number of alkyl carbamates (subject to hydrolysis) is 1. The summed E-state index contributed by atoms with van der Waals surface area (Å²) in [5.41, 5.74) is 1.50. The van der Waals surface area contributed by atoms with Gasteiger partial charge in [0.1, 0.15) is 5.60 Å². The summed E-state index contributed by atoms with van der Waals surface area (Å²) in [6.45, 7) is 7.94. The Morgan fingerprint density at radius 3 is 2.79 bits per heavy atom. The lowest BCUT2D eigenvalue weighted by atomic mass is 10.2. The molecule has 0 spiro atoms. The Kier molecular flexibility index (Phi) is 5.37. The molecule has 0 saturated heterocycles. The molecule has 1 N–H and O–H groups in total. The maximum absolute atomic E-state index is 11.3. The van der Waals surface area contributed by atoms with Crippen LogP contribution in [-0.2, 0) is 4.74 Å². The van der Waals surface area contributed by atoms with E-state index in [9.17, 15) is 4.79 Å². The lowest BCUT2D eigenvalue weighted by Crippen LogP contribution is -2.32. The Balaban J connectivity index is 2.30. The van der Waals surface area contributed by atoms with Crippen molar-refractivity contribution in [1.82, 2.24) is 10.3 Å². The lowest BCUT2D eigenvalue weighted by molar-refractivity contribution is 0.0529. The summed E-state index contributed by atoms with van der Waals surface area (Å²) in [5.74, 6) is 5.99. The van der Waals surface area contributed by atoms with Crippen LogP contribution in [0.1, 0.15) is 38.3 Å². The van der Waals surface area contributed by atoms with Gasteiger partial charge in [0.2, 0.25) is 0 Å². The first-order chi connectivity index (χ1) is 8.87. The molecule has 0 atom stereocenters. The molecule has 1 heterocycles. The van der Waals surface area contributed by atoms with Gasteiger partial charge in [-0.05, 0) is 39.3 Å². The predicted octanol–water partition coefficient (Wildman–Crippen LogP) is 2.66. The minimum absolute atomic E-state index is 0.411. The van der Waals surface area contributed by atoms with Crippen LogP contribution in [0.15, 0.2) is 18.5 Å². The van der Waals surface area contributed by atoms with Gasteiger partial charge < -0.3 is 10.1 Å². The molecule has 0 aliphatic rings. The smallest absolute Gasteiger partial charge is 0.407 e. The van der Waals surface area contributed by atoms with E-state index in [1.165, 1.54) is 0 Å². The molecule has 0 unspecified atom stereocenters. The number of pyridine rings is 1. The van der Waals surface area contributed by atoms with Crippen LogP contribution in [0.25, 0.3) is 0 Å². The van der Waals surface area contributed by atoms with Crippen molar-refractivity contribution < 1.29 is 9.53 Å². The van der Waals surface area contributed by atoms with Crippen molar-refractivity contribution >= 4 is 6.09 Å². The van der Waals surface area contributed by atoms with Gasteiger partial charge in [-0.3, -0.25) is 4.98 Å². The van der Waals surface area contributed by atoms with Gasteiger partial charge in [-0.2, -0.15) is 0 Å². The van der Waals surface area contributed by atoms with E-state index in [0.29, 0.717) is 13.0 Å². The number of hydrogen-bond donors (Lipinski definition) is 1. The van der Waals surface area contributed by atoms with Crippen molar-refractivity contribution in [2.75, 3.05) is 6.54 Å². The summed E-state index contributed by atoms with van der Waals surface area (Å²) in [7, 11) is 0. The third-order valence-corrected chi connectivity index (χ3v) is 2.03. The quantitative estimate of drug-likeness (QED) is 0.657. The molecule has 1 aromatic heterocycles. The number of rotatable bonds is 2. The molecule has 0 saturated carbocycles. The van der Waals surface area contributed by atoms with E-state index in [1.807, 2.05) is 33.8 Å². The molecule has 0 fully saturated rings. The summed E-state index contributed by atoms with van der Waals surface area (Å²) in [6, 6.07) is 1.97. The Hall–Kier alpha value is -2.02. The van der Waals surface area contributed by atoms with Gasteiger partial charge in [-0.25, -0.2) is 4.79 Å². The fourth-order valence-corrected chi connectivity index (χ4v) is 1.33. The second-order valence-corrected chi connectivity index (χ2v) is 5.23. The normalized spacial score (nSPS) is 10.3. The van der Waals surface area contributed by atoms with Gasteiger partial charge in [0.25, 0.3) is 0 Å². The highest BCUT2D eigenvalue weighted by molar-refractivity contribution is 5.67. The van der Waals surface area contributed by atoms with E-state index in [2.05, 4.69) is 22.1 Å². The average molecular weight is 260 g/mol. The van der Waals surface area contributed by atoms with Crippen LogP contribution in [0.2, 0.25) is 0 Å². The third kappa shape index (κ3) is 7.10. The van der Waals surface area contributed by atoms with Crippen molar-refractivity contribution in [3.63, 3.8) is 0 Å². The molecular weight excluding hydrogens is 240 g/mol. The largest absolute Gasteiger partial charge is 0.444 e. The monoisotopic (exact) mass is 260 g/mol. The Labute approximate surface area is 114 Å². The zero-order valence-corrected chi connectivity index (χ0v) is 11.9. The molecule has 0 aliphatic heterocycles. The third-order valence-electron chi connectivity index (χ3n) is 2.03. The fourth-order valence-electron chi connectivity index (χ4n) is 1.33. The predicted molar refractivity (Wildman–Crippen MR) is 74.7 cm³/mol. The van der Waals surface area contributed by atoms with Crippen molar-refractivity contribution in [3.05, 3.63) is 29.6 Å². The number of aryl methyl sites for hydroxylation is 1. The van der Waals surface area contributed by atoms with Crippen LogP contribution < -0.4 is 5.32 Å². The van der Waals surface area contributed by atoms with Gasteiger partial charge in [-0.1, -0.05) is 11.8 Å². The molecular formula is C15H20N2O2. The SMILES string of the molecule is Cc1cncc(C#CCCNC(=O)OC(C)(C)C)c1. The van der Waals surface area contributed by atoms with Gasteiger partial charge in [0, 0.05) is 30.9 Å². The minimum atomic E-state index is -0.469. The van der Waals surface area contributed by atoms with Gasteiger partial charge in [0.15, 0.2) is 0 Å². The zero-order chi connectivity index (χ0) is 14.3. The number of carbonyl (C=O) groups is 1. The number of amides is 1. The molecule has 4 heteroatoms. The van der Waals surface area contributed by atoms with E-state index in [-0.39, 0.29) is 0 Å². The van der Waals surface area contributed by atoms with Crippen LogP contribution in [0.4, 0.5) is 4.79 Å². The van der Waals surface area contributed by atoms with Crippen LogP contribution in [0.3, 0.4) is 0 Å². The van der Waals surface area contributed by atoms with Gasteiger partial charge in [0.05, 0.1) is 0 Å². The summed E-state index contributed by atoms with van der Waals surface area (Å²) < 4.78 is 5.11. The van der Waals surface area contributed by atoms with Crippen molar-refractivity contribution in [2.45, 2.75) is 39.7 Å².